The number of carbonyl (C=O) groups is 1. The number of hydrogen-bond donors (Lipinski definition) is 0. The molecule has 0 aromatic carbocycles. The third-order valence-electron chi connectivity index (χ3n) is 0. The molecule has 0 saturated carbocycles. The maximum Gasteiger partial charge on any atom is 0.251 e. The maximum absolute atomic E-state index is 9.42. The molecule has 0 aliphatic rings. The molecule has 0 aliphatic carbocycles. The Balaban J connectivity index is 0. The minimum Gasteiger partial charge on any atom is -0.276 e. The van der Waals surface area contributed by atoms with Crippen LogP contribution in [-0.4, -0.2) is 1.80 Å². The first-order chi connectivity index (χ1) is 1.73. The van der Waals surface area contributed by atoms with Crippen LogP contribution in [0.25, 0.3) is 0 Å². The van der Waals surface area contributed by atoms with Gasteiger partial charge < -0.3 is 0 Å². The fourth-order valence-corrected chi connectivity index (χ4v) is 0. The molecule has 0 rings (SSSR count). The van der Waals surface area contributed by atoms with Gasteiger partial charge in [-0.1, -0.05) is 0 Å². The van der Waals surface area contributed by atoms with E-state index in [1.165, 1.54) is 0 Å². The summed E-state index contributed by atoms with van der Waals surface area (Å²) >= 11 is 3.38. The normalized spacial score (nSPS) is 5.20. The van der Waals surface area contributed by atoms with Crippen molar-refractivity contribution in [2.24, 2.45) is 0 Å². The van der Waals surface area contributed by atoms with Crippen molar-refractivity contribution in [2.75, 3.05) is 0 Å². The molecule has 0 bridgehead atoms. The number of hydrogen-bond acceptors (Lipinski definition) is 1. The Hall–Kier alpha value is 1.75. The van der Waals surface area contributed by atoms with Crippen LogP contribution >= 0.6 is 45.2 Å². The average molecular weight is 385 g/mol. The molecule has 0 fully saturated rings. The van der Waals surface area contributed by atoms with Gasteiger partial charge in [0, 0.05) is 64.7 Å². The van der Waals surface area contributed by atoms with E-state index in [4.69, 9.17) is 0 Å². The molecule has 0 spiro atoms. The SMILES string of the molecule is O=C(I)I.[Rh]. The van der Waals surface area contributed by atoms with Gasteiger partial charge in [-0.3, -0.25) is 4.79 Å². The first-order valence-corrected chi connectivity index (χ1v) is 2.74. The molecule has 0 atom stereocenters. The second-order valence-electron chi connectivity index (χ2n) is 0.226. The third-order valence-corrected chi connectivity index (χ3v) is 0. The second-order valence-corrected chi connectivity index (χ2v) is 4.25. The monoisotopic (exact) mass is 385 g/mol. The number of halogens is 2. The summed E-state index contributed by atoms with van der Waals surface area (Å²) in [5.74, 6) is 0. The van der Waals surface area contributed by atoms with Crippen molar-refractivity contribution >= 4 is 47.0 Å². The molecule has 5 heavy (non-hydrogen) atoms. The van der Waals surface area contributed by atoms with Crippen molar-refractivity contribution in [2.45, 2.75) is 0 Å². The minimum absolute atomic E-state index is 0. The van der Waals surface area contributed by atoms with Crippen LogP contribution in [0.15, 0.2) is 0 Å². The van der Waals surface area contributed by atoms with Crippen molar-refractivity contribution in [3.63, 3.8) is 0 Å². The van der Waals surface area contributed by atoms with Gasteiger partial charge in [-0.25, -0.2) is 0 Å². The summed E-state index contributed by atoms with van der Waals surface area (Å²) in [5, 5.41) is 0. The van der Waals surface area contributed by atoms with Crippen LogP contribution in [0.5, 0.6) is 0 Å². The Morgan fingerprint density at radius 2 is 1.40 bits per heavy atom. The second kappa shape index (κ2) is 5.75. The summed E-state index contributed by atoms with van der Waals surface area (Å²) in [5.41, 5.74) is 0. The summed E-state index contributed by atoms with van der Waals surface area (Å²) < 4.78 is 0.107. The minimum atomic E-state index is 0. The van der Waals surface area contributed by atoms with Crippen LogP contribution in [0.1, 0.15) is 0 Å². The van der Waals surface area contributed by atoms with Crippen LogP contribution in [0.3, 0.4) is 0 Å². The van der Waals surface area contributed by atoms with Gasteiger partial charge in [0.15, 0.2) is 0 Å². The standard InChI is InChI=1S/CI2O.Rh/c2-1(3)4;. The van der Waals surface area contributed by atoms with Crippen LogP contribution in [-0.2, 0) is 19.5 Å². The van der Waals surface area contributed by atoms with Crippen molar-refractivity contribution < 1.29 is 24.3 Å². The summed E-state index contributed by atoms with van der Waals surface area (Å²) in [6.07, 6.45) is 0. The fraction of sp³-hybridized carbons (Fsp3) is 0. The molecule has 0 aliphatic heterocycles. The van der Waals surface area contributed by atoms with E-state index in [-0.39, 0.29) is 21.3 Å². The van der Waals surface area contributed by atoms with E-state index in [0.29, 0.717) is 0 Å². The van der Waals surface area contributed by atoms with E-state index in [9.17, 15) is 4.79 Å². The topological polar surface area (TPSA) is 17.1 Å². The average Bonchev–Trinajstić information content (AvgIpc) is 0.811. The molecule has 0 aromatic heterocycles. The van der Waals surface area contributed by atoms with E-state index < -0.39 is 0 Å². The Labute approximate surface area is 70.3 Å². The Morgan fingerprint density at radius 3 is 1.40 bits per heavy atom. The Morgan fingerprint density at radius 1 is 1.40 bits per heavy atom. The molecule has 4 heteroatoms. The van der Waals surface area contributed by atoms with E-state index in [0.717, 1.165) is 0 Å². The summed E-state index contributed by atoms with van der Waals surface area (Å²) in [7, 11) is 0. The molecule has 0 saturated heterocycles. The molecule has 0 heterocycles. The third kappa shape index (κ3) is 26.4. The van der Waals surface area contributed by atoms with Gasteiger partial charge in [0.05, 0.1) is 0 Å². The fourth-order valence-electron chi connectivity index (χ4n) is 0. The van der Waals surface area contributed by atoms with Crippen LogP contribution in [0, 0.1) is 0 Å². The summed E-state index contributed by atoms with van der Waals surface area (Å²) in [6, 6.07) is 0. The van der Waals surface area contributed by atoms with Crippen LogP contribution in [0.4, 0.5) is 4.79 Å². The molecule has 0 unspecified atom stereocenters. The van der Waals surface area contributed by atoms with Crippen molar-refractivity contribution in [3.05, 3.63) is 0 Å². The molecule has 1 nitrogen and oxygen atoms in total. The molecular formula is CI2ORh. The zero-order chi connectivity index (χ0) is 3.58. The van der Waals surface area contributed by atoms with Gasteiger partial charge >= 0.3 is 0 Å². The van der Waals surface area contributed by atoms with Gasteiger partial charge in [-0.2, -0.15) is 0 Å². The summed E-state index contributed by atoms with van der Waals surface area (Å²) in [6.45, 7) is 0. The Kier molecular flexibility index (Phi) is 11.4. The van der Waals surface area contributed by atoms with Gasteiger partial charge in [0.2, 0.25) is 0 Å². The molecule has 0 aromatic rings. The van der Waals surface area contributed by atoms with Crippen molar-refractivity contribution in [1.82, 2.24) is 0 Å². The van der Waals surface area contributed by atoms with E-state index in [1.54, 1.807) is 45.2 Å². The quantitative estimate of drug-likeness (QED) is 0.354. The van der Waals surface area contributed by atoms with Crippen molar-refractivity contribution in [1.29, 1.82) is 0 Å². The molecule has 0 amide bonds. The van der Waals surface area contributed by atoms with Gasteiger partial charge in [0.25, 0.3) is 1.80 Å². The first kappa shape index (κ1) is 9.89. The predicted octanol–water partition coefficient (Wildman–Crippen LogP) is 1.97. The van der Waals surface area contributed by atoms with E-state index >= 15 is 0 Å². The van der Waals surface area contributed by atoms with Crippen LogP contribution < -0.4 is 0 Å². The van der Waals surface area contributed by atoms with Crippen molar-refractivity contribution in [3.8, 4) is 0 Å². The van der Waals surface area contributed by atoms with Gasteiger partial charge in [-0.05, 0) is 0 Å². The molecule has 0 N–H and O–H groups in total. The number of rotatable bonds is 0. The van der Waals surface area contributed by atoms with Gasteiger partial charge in [-0.15, -0.1) is 0 Å². The number of carbonyl (C=O) groups excluding carboxylic acids is 1. The maximum atomic E-state index is 9.42. The van der Waals surface area contributed by atoms with Crippen LogP contribution in [0.2, 0.25) is 0 Å². The molecule has 33 valence electrons. The zero-order valence-electron chi connectivity index (χ0n) is 2.00. The molecule has 1 radical (unpaired) electrons. The van der Waals surface area contributed by atoms with E-state index in [2.05, 4.69) is 0 Å². The first-order valence-electron chi connectivity index (χ1n) is 0.582. The van der Waals surface area contributed by atoms with Gasteiger partial charge in [0.1, 0.15) is 0 Å². The molecular weight excluding hydrogens is 385 g/mol. The smallest absolute Gasteiger partial charge is 0.251 e. The summed E-state index contributed by atoms with van der Waals surface area (Å²) in [4.78, 5) is 9.42. The van der Waals surface area contributed by atoms with E-state index in [1.807, 2.05) is 0 Å². The predicted molar refractivity (Wildman–Crippen MR) is 33.4 cm³/mol. The largest absolute Gasteiger partial charge is 0.276 e. The zero-order valence-corrected chi connectivity index (χ0v) is 7.95. The Bertz CT molecular complexity index is 32.6.